The van der Waals surface area contributed by atoms with E-state index in [1.165, 1.54) is 38.5 Å². The molecule has 4 saturated carbocycles. The standard InChI is InChI=1S/C24H40O3/c1-5-11-24(26)14-10-21-19-7-6-17-15-18(27-16(2)25)8-12-22(17,3)20(19)9-13-23(21,24)4/h17-21,26H,5-15H2,1-4H3/t17-,18-,19+,20-,21-,22-,23-,24-/m0/s1. The van der Waals surface area contributed by atoms with E-state index in [-0.39, 0.29) is 17.5 Å². The first-order valence-corrected chi connectivity index (χ1v) is 11.6. The molecule has 0 bridgehead atoms. The summed E-state index contributed by atoms with van der Waals surface area (Å²) in [5.74, 6) is 2.89. The maximum atomic E-state index is 11.5. The summed E-state index contributed by atoms with van der Waals surface area (Å²) >= 11 is 0. The van der Waals surface area contributed by atoms with Crippen LogP contribution in [0, 0.1) is 34.5 Å². The minimum absolute atomic E-state index is 0.119. The summed E-state index contributed by atoms with van der Waals surface area (Å²) in [6, 6.07) is 0. The molecule has 4 aliphatic rings. The van der Waals surface area contributed by atoms with Gasteiger partial charge >= 0.3 is 5.97 Å². The second-order valence-corrected chi connectivity index (χ2v) is 10.9. The molecule has 4 aliphatic carbocycles. The first-order chi connectivity index (χ1) is 12.7. The third-order valence-corrected chi connectivity index (χ3v) is 9.94. The van der Waals surface area contributed by atoms with E-state index in [0.29, 0.717) is 17.3 Å². The molecule has 0 amide bonds. The molecule has 3 nitrogen and oxygen atoms in total. The molecule has 3 heteroatoms. The fourth-order valence-corrected chi connectivity index (χ4v) is 8.49. The Hall–Kier alpha value is -0.570. The molecule has 0 radical (unpaired) electrons. The van der Waals surface area contributed by atoms with E-state index in [9.17, 15) is 9.90 Å². The van der Waals surface area contributed by atoms with E-state index in [0.717, 1.165) is 43.9 Å². The van der Waals surface area contributed by atoms with E-state index in [1.807, 2.05) is 0 Å². The number of fused-ring (bicyclic) bond motifs is 5. The van der Waals surface area contributed by atoms with Crippen LogP contribution in [0.4, 0.5) is 0 Å². The predicted octanol–water partition coefficient (Wildman–Crippen LogP) is 5.49. The van der Waals surface area contributed by atoms with Crippen molar-refractivity contribution in [2.24, 2.45) is 34.5 Å². The predicted molar refractivity (Wildman–Crippen MR) is 107 cm³/mol. The molecule has 0 spiro atoms. The molecule has 0 aliphatic heterocycles. The molecule has 4 rings (SSSR count). The lowest BCUT2D eigenvalue weighted by molar-refractivity contribution is -0.170. The van der Waals surface area contributed by atoms with Crippen molar-refractivity contribution in [1.82, 2.24) is 0 Å². The number of aliphatic hydroxyl groups is 1. The van der Waals surface area contributed by atoms with Crippen LogP contribution in [0.25, 0.3) is 0 Å². The number of carbonyl (C=O) groups is 1. The molecule has 0 unspecified atom stereocenters. The van der Waals surface area contributed by atoms with Crippen molar-refractivity contribution >= 4 is 5.97 Å². The van der Waals surface area contributed by atoms with E-state index in [1.54, 1.807) is 6.92 Å². The van der Waals surface area contributed by atoms with Crippen LogP contribution in [0.1, 0.15) is 98.3 Å². The molecule has 8 atom stereocenters. The number of hydrogen-bond acceptors (Lipinski definition) is 3. The van der Waals surface area contributed by atoms with E-state index >= 15 is 0 Å². The molecule has 0 aromatic rings. The van der Waals surface area contributed by atoms with Crippen molar-refractivity contribution in [3.05, 3.63) is 0 Å². The van der Waals surface area contributed by atoms with Crippen LogP contribution in [-0.4, -0.2) is 22.8 Å². The van der Waals surface area contributed by atoms with E-state index in [2.05, 4.69) is 20.8 Å². The summed E-state index contributed by atoms with van der Waals surface area (Å²) in [5, 5.41) is 11.5. The Bertz CT molecular complexity index is 588. The Labute approximate surface area is 165 Å². The van der Waals surface area contributed by atoms with Gasteiger partial charge in [0.2, 0.25) is 0 Å². The highest BCUT2D eigenvalue weighted by atomic mass is 16.5. The summed E-state index contributed by atoms with van der Waals surface area (Å²) in [4.78, 5) is 11.4. The van der Waals surface area contributed by atoms with Crippen LogP contribution in [-0.2, 0) is 9.53 Å². The Kier molecular flexibility index (Phi) is 4.93. The minimum Gasteiger partial charge on any atom is -0.463 e. The van der Waals surface area contributed by atoms with Crippen LogP contribution in [0.15, 0.2) is 0 Å². The molecule has 154 valence electrons. The zero-order valence-corrected chi connectivity index (χ0v) is 17.9. The maximum absolute atomic E-state index is 11.5. The van der Waals surface area contributed by atoms with Gasteiger partial charge in [0, 0.05) is 6.92 Å². The summed E-state index contributed by atoms with van der Waals surface area (Å²) in [6.07, 6.45) is 12.9. The first kappa shape index (κ1) is 19.7. The van der Waals surface area contributed by atoms with Gasteiger partial charge in [-0.1, -0.05) is 27.2 Å². The number of esters is 1. The van der Waals surface area contributed by atoms with Gasteiger partial charge in [-0.05, 0) is 98.7 Å². The maximum Gasteiger partial charge on any atom is 0.302 e. The molecule has 27 heavy (non-hydrogen) atoms. The van der Waals surface area contributed by atoms with Crippen LogP contribution in [0.2, 0.25) is 0 Å². The smallest absolute Gasteiger partial charge is 0.302 e. The zero-order valence-electron chi connectivity index (χ0n) is 17.9. The molecular formula is C24H40O3. The molecular weight excluding hydrogens is 336 g/mol. The van der Waals surface area contributed by atoms with Crippen molar-refractivity contribution in [2.75, 3.05) is 0 Å². The number of ether oxygens (including phenoxy) is 1. The summed E-state index contributed by atoms with van der Waals surface area (Å²) in [7, 11) is 0. The highest BCUT2D eigenvalue weighted by Crippen LogP contribution is 2.68. The van der Waals surface area contributed by atoms with Crippen molar-refractivity contribution in [3.8, 4) is 0 Å². The monoisotopic (exact) mass is 376 g/mol. The lowest BCUT2D eigenvalue weighted by Gasteiger charge is -2.61. The highest BCUT2D eigenvalue weighted by Gasteiger charge is 2.64. The molecule has 1 N–H and O–H groups in total. The second kappa shape index (κ2) is 6.75. The lowest BCUT2D eigenvalue weighted by atomic mass is 9.44. The molecule has 0 aromatic carbocycles. The minimum atomic E-state index is -0.428. The summed E-state index contributed by atoms with van der Waals surface area (Å²) in [5.41, 5.74) is 0.108. The van der Waals surface area contributed by atoms with Crippen LogP contribution >= 0.6 is 0 Å². The SMILES string of the molecule is CCC[C@]1(O)CC[C@H]2[C@@H]3CC[C@H]4C[C@@H](OC(C)=O)CC[C@]4(C)[C@H]3CC[C@@]21C. The second-order valence-electron chi connectivity index (χ2n) is 10.9. The highest BCUT2D eigenvalue weighted by molar-refractivity contribution is 5.66. The Morgan fingerprint density at radius 1 is 1.04 bits per heavy atom. The summed E-state index contributed by atoms with van der Waals surface area (Å²) < 4.78 is 5.59. The fraction of sp³-hybridized carbons (Fsp3) is 0.958. The van der Waals surface area contributed by atoms with Crippen molar-refractivity contribution in [3.63, 3.8) is 0 Å². The lowest BCUT2D eigenvalue weighted by Crippen LogP contribution is -2.56. The van der Waals surface area contributed by atoms with Crippen LogP contribution in [0.5, 0.6) is 0 Å². The Morgan fingerprint density at radius 3 is 2.48 bits per heavy atom. The molecule has 4 fully saturated rings. The van der Waals surface area contributed by atoms with Gasteiger partial charge in [0.15, 0.2) is 0 Å². The van der Waals surface area contributed by atoms with Gasteiger partial charge < -0.3 is 9.84 Å². The number of rotatable bonds is 3. The molecule has 0 aromatic heterocycles. The van der Waals surface area contributed by atoms with E-state index in [4.69, 9.17) is 4.74 Å². The van der Waals surface area contributed by atoms with Gasteiger partial charge in [-0.25, -0.2) is 0 Å². The molecule has 0 heterocycles. The normalized spacial score (nSPS) is 51.8. The third kappa shape index (κ3) is 2.90. The Morgan fingerprint density at radius 2 is 1.78 bits per heavy atom. The third-order valence-electron chi connectivity index (χ3n) is 9.94. The number of hydrogen-bond donors (Lipinski definition) is 1. The Balaban J connectivity index is 1.54. The van der Waals surface area contributed by atoms with Crippen LogP contribution in [0.3, 0.4) is 0 Å². The average molecular weight is 377 g/mol. The van der Waals surface area contributed by atoms with Gasteiger partial charge in [0.25, 0.3) is 0 Å². The average Bonchev–Trinajstić information content (AvgIpc) is 2.86. The van der Waals surface area contributed by atoms with Gasteiger partial charge in [-0.2, -0.15) is 0 Å². The number of carbonyl (C=O) groups excluding carboxylic acids is 1. The fourth-order valence-electron chi connectivity index (χ4n) is 8.49. The topological polar surface area (TPSA) is 46.5 Å². The van der Waals surface area contributed by atoms with Gasteiger partial charge in [0.1, 0.15) is 6.10 Å². The van der Waals surface area contributed by atoms with Crippen LogP contribution < -0.4 is 0 Å². The quantitative estimate of drug-likeness (QED) is 0.662. The largest absolute Gasteiger partial charge is 0.463 e. The van der Waals surface area contributed by atoms with Gasteiger partial charge in [-0.3, -0.25) is 4.79 Å². The summed E-state index contributed by atoms with van der Waals surface area (Å²) in [6.45, 7) is 8.73. The van der Waals surface area contributed by atoms with Gasteiger partial charge in [-0.15, -0.1) is 0 Å². The van der Waals surface area contributed by atoms with Crippen molar-refractivity contribution in [1.29, 1.82) is 0 Å². The zero-order chi connectivity index (χ0) is 19.4. The van der Waals surface area contributed by atoms with Crippen molar-refractivity contribution in [2.45, 2.75) is 110 Å². The van der Waals surface area contributed by atoms with Crippen molar-refractivity contribution < 1.29 is 14.6 Å². The first-order valence-electron chi connectivity index (χ1n) is 11.6. The van der Waals surface area contributed by atoms with Gasteiger partial charge in [0.05, 0.1) is 5.60 Å². The van der Waals surface area contributed by atoms with E-state index < -0.39 is 5.60 Å². The molecule has 0 saturated heterocycles.